The van der Waals surface area contributed by atoms with Crippen LogP contribution in [0.3, 0.4) is 0 Å². The van der Waals surface area contributed by atoms with E-state index in [1.807, 2.05) is 24.4 Å². The molecule has 1 saturated carbocycles. The molecule has 2 N–H and O–H groups in total. The number of fused-ring (bicyclic) bond motifs is 1. The van der Waals surface area contributed by atoms with Crippen LogP contribution in [0.25, 0.3) is 10.9 Å². The second-order valence-corrected chi connectivity index (χ2v) is 5.65. The molecule has 106 valence electrons. The summed E-state index contributed by atoms with van der Waals surface area (Å²) in [6, 6.07) is 8.11. The molecule has 0 bridgehead atoms. The first kappa shape index (κ1) is 13.4. The molecule has 0 spiro atoms. The molecular weight excluding hydrogens is 248 g/mol. The summed E-state index contributed by atoms with van der Waals surface area (Å²) in [5.41, 5.74) is 7.81. The molecule has 0 atom stereocenters. The smallest absolute Gasteiger partial charge is 0.134 e. The summed E-state index contributed by atoms with van der Waals surface area (Å²) in [5, 5.41) is 1.08. The molecule has 20 heavy (non-hydrogen) atoms. The third-order valence-corrected chi connectivity index (χ3v) is 4.21. The van der Waals surface area contributed by atoms with E-state index < -0.39 is 0 Å². The van der Waals surface area contributed by atoms with Crippen LogP contribution in [0.15, 0.2) is 30.5 Å². The standard InChI is InChI=1S/C17H22N2O/c18-10-14-11-19-16-9-5-4-8-15(16)17(14)20-12-13-6-2-1-3-7-13/h4-5,8-9,11,13H,1-3,6-7,10,12,18H2. The summed E-state index contributed by atoms with van der Waals surface area (Å²) in [5.74, 6) is 1.63. The van der Waals surface area contributed by atoms with Crippen molar-refractivity contribution in [3.8, 4) is 5.75 Å². The van der Waals surface area contributed by atoms with Crippen LogP contribution in [0.4, 0.5) is 0 Å². The van der Waals surface area contributed by atoms with Crippen LogP contribution in [-0.4, -0.2) is 11.6 Å². The van der Waals surface area contributed by atoms with Gasteiger partial charge in [0.2, 0.25) is 0 Å². The molecule has 0 saturated heterocycles. The lowest BCUT2D eigenvalue weighted by molar-refractivity contribution is 0.209. The molecule has 0 amide bonds. The predicted molar refractivity (Wildman–Crippen MR) is 81.7 cm³/mol. The topological polar surface area (TPSA) is 48.1 Å². The molecule has 3 heteroatoms. The van der Waals surface area contributed by atoms with E-state index in [1.54, 1.807) is 0 Å². The molecule has 0 radical (unpaired) electrons. The molecule has 1 aliphatic rings. The Morgan fingerprint density at radius 3 is 2.75 bits per heavy atom. The summed E-state index contributed by atoms with van der Waals surface area (Å²) in [4.78, 5) is 4.45. The number of hydrogen-bond acceptors (Lipinski definition) is 3. The van der Waals surface area contributed by atoms with E-state index in [1.165, 1.54) is 32.1 Å². The van der Waals surface area contributed by atoms with Gasteiger partial charge >= 0.3 is 0 Å². The summed E-state index contributed by atoms with van der Waals surface area (Å²) in [6.07, 6.45) is 8.49. The van der Waals surface area contributed by atoms with Gasteiger partial charge in [-0.15, -0.1) is 0 Å². The fraction of sp³-hybridized carbons (Fsp3) is 0.471. The maximum absolute atomic E-state index is 6.16. The summed E-state index contributed by atoms with van der Waals surface area (Å²) in [7, 11) is 0. The third-order valence-electron chi connectivity index (χ3n) is 4.21. The zero-order valence-corrected chi connectivity index (χ0v) is 11.8. The average Bonchev–Trinajstić information content (AvgIpc) is 2.53. The molecule has 3 nitrogen and oxygen atoms in total. The van der Waals surface area contributed by atoms with Crippen LogP contribution in [0.5, 0.6) is 5.75 Å². The Morgan fingerprint density at radius 2 is 1.95 bits per heavy atom. The highest BCUT2D eigenvalue weighted by Crippen LogP contribution is 2.30. The monoisotopic (exact) mass is 270 g/mol. The zero-order valence-electron chi connectivity index (χ0n) is 11.8. The number of para-hydroxylation sites is 1. The van der Waals surface area contributed by atoms with Crippen LogP contribution in [0, 0.1) is 5.92 Å². The number of ether oxygens (including phenoxy) is 1. The second-order valence-electron chi connectivity index (χ2n) is 5.65. The number of rotatable bonds is 4. The fourth-order valence-corrected chi connectivity index (χ4v) is 3.03. The van der Waals surface area contributed by atoms with Crippen molar-refractivity contribution >= 4 is 10.9 Å². The Hall–Kier alpha value is -1.61. The van der Waals surface area contributed by atoms with E-state index in [2.05, 4.69) is 11.1 Å². The first-order valence-corrected chi connectivity index (χ1v) is 7.58. The number of pyridine rings is 1. The van der Waals surface area contributed by atoms with Crippen LogP contribution in [-0.2, 0) is 6.54 Å². The van der Waals surface area contributed by atoms with Crippen molar-refractivity contribution in [1.29, 1.82) is 0 Å². The minimum atomic E-state index is 0.470. The molecule has 1 aromatic carbocycles. The van der Waals surface area contributed by atoms with Crippen molar-refractivity contribution in [3.63, 3.8) is 0 Å². The van der Waals surface area contributed by atoms with Crippen LogP contribution < -0.4 is 10.5 Å². The van der Waals surface area contributed by atoms with Crippen molar-refractivity contribution < 1.29 is 4.74 Å². The Kier molecular flexibility index (Phi) is 4.16. The normalized spacial score (nSPS) is 16.4. The van der Waals surface area contributed by atoms with Crippen molar-refractivity contribution in [2.24, 2.45) is 11.7 Å². The molecule has 2 aromatic rings. The summed E-state index contributed by atoms with van der Waals surface area (Å²) in [6.45, 7) is 1.28. The highest BCUT2D eigenvalue weighted by atomic mass is 16.5. The van der Waals surface area contributed by atoms with E-state index in [0.717, 1.165) is 28.8 Å². The lowest BCUT2D eigenvalue weighted by Gasteiger charge is -2.22. The van der Waals surface area contributed by atoms with Gasteiger partial charge in [-0.2, -0.15) is 0 Å². The number of nitrogens with two attached hydrogens (primary N) is 1. The van der Waals surface area contributed by atoms with E-state index in [9.17, 15) is 0 Å². The summed E-state index contributed by atoms with van der Waals surface area (Å²) < 4.78 is 6.16. The SMILES string of the molecule is NCc1cnc2ccccc2c1OCC1CCCCC1. The molecule has 1 heterocycles. The average molecular weight is 270 g/mol. The Bertz CT molecular complexity index is 576. The highest BCUT2D eigenvalue weighted by molar-refractivity contribution is 5.86. The lowest BCUT2D eigenvalue weighted by Crippen LogP contribution is -2.16. The van der Waals surface area contributed by atoms with Gasteiger partial charge in [0.05, 0.1) is 12.1 Å². The second kappa shape index (κ2) is 6.23. The van der Waals surface area contributed by atoms with Gasteiger partial charge in [0.25, 0.3) is 0 Å². The van der Waals surface area contributed by atoms with E-state index in [0.29, 0.717) is 12.5 Å². The highest BCUT2D eigenvalue weighted by Gasteiger charge is 2.16. The van der Waals surface area contributed by atoms with Gasteiger partial charge in [-0.3, -0.25) is 4.98 Å². The van der Waals surface area contributed by atoms with Gasteiger partial charge < -0.3 is 10.5 Å². The third kappa shape index (κ3) is 2.78. The molecule has 1 aromatic heterocycles. The Balaban J connectivity index is 1.84. The van der Waals surface area contributed by atoms with Crippen LogP contribution in [0.2, 0.25) is 0 Å². The molecule has 1 aliphatic carbocycles. The predicted octanol–water partition coefficient (Wildman–Crippen LogP) is 3.65. The molecule has 3 rings (SSSR count). The van der Waals surface area contributed by atoms with Crippen LogP contribution in [0.1, 0.15) is 37.7 Å². The van der Waals surface area contributed by atoms with Crippen molar-refractivity contribution in [3.05, 3.63) is 36.0 Å². The molecule has 0 unspecified atom stereocenters. The van der Waals surface area contributed by atoms with Gasteiger partial charge in [-0.1, -0.05) is 31.4 Å². The van der Waals surface area contributed by atoms with E-state index in [4.69, 9.17) is 10.5 Å². The molecule has 0 aliphatic heterocycles. The number of aromatic nitrogens is 1. The zero-order chi connectivity index (χ0) is 13.8. The lowest BCUT2D eigenvalue weighted by atomic mass is 9.90. The molecule has 1 fully saturated rings. The minimum Gasteiger partial charge on any atom is -0.492 e. The van der Waals surface area contributed by atoms with Crippen molar-refractivity contribution in [2.45, 2.75) is 38.6 Å². The first-order valence-electron chi connectivity index (χ1n) is 7.58. The van der Waals surface area contributed by atoms with Gasteiger partial charge in [0.15, 0.2) is 0 Å². The number of benzene rings is 1. The molecular formula is C17H22N2O. The van der Waals surface area contributed by atoms with Gasteiger partial charge in [-0.25, -0.2) is 0 Å². The Labute approximate surface area is 120 Å². The van der Waals surface area contributed by atoms with Crippen molar-refractivity contribution in [2.75, 3.05) is 6.61 Å². The van der Waals surface area contributed by atoms with Gasteiger partial charge in [-0.05, 0) is 30.9 Å². The van der Waals surface area contributed by atoms with E-state index >= 15 is 0 Å². The Morgan fingerprint density at radius 1 is 1.15 bits per heavy atom. The van der Waals surface area contributed by atoms with Crippen molar-refractivity contribution in [1.82, 2.24) is 4.98 Å². The van der Waals surface area contributed by atoms with Gasteiger partial charge in [0.1, 0.15) is 5.75 Å². The van der Waals surface area contributed by atoms with Gasteiger partial charge in [0, 0.05) is 23.7 Å². The largest absolute Gasteiger partial charge is 0.492 e. The quantitative estimate of drug-likeness (QED) is 0.922. The minimum absolute atomic E-state index is 0.470. The van der Waals surface area contributed by atoms with E-state index in [-0.39, 0.29) is 0 Å². The number of nitrogens with zero attached hydrogens (tertiary/aromatic N) is 1. The maximum atomic E-state index is 6.16. The van der Waals surface area contributed by atoms with Crippen LogP contribution >= 0.6 is 0 Å². The summed E-state index contributed by atoms with van der Waals surface area (Å²) >= 11 is 0. The number of hydrogen-bond donors (Lipinski definition) is 1. The maximum Gasteiger partial charge on any atom is 0.134 e. The fourth-order valence-electron chi connectivity index (χ4n) is 3.03. The first-order chi connectivity index (χ1) is 9.88.